The van der Waals surface area contributed by atoms with Crippen LogP contribution in [0.4, 0.5) is 28.4 Å². The number of aliphatic hydroxyl groups is 1. The number of aryl methyl sites for hydroxylation is 2. The van der Waals surface area contributed by atoms with E-state index in [0.717, 1.165) is 37.3 Å². The molecule has 4 aromatic rings. The van der Waals surface area contributed by atoms with Crippen LogP contribution in [0.25, 0.3) is 0 Å². The van der Waals surface area contributed by atoms with Crippen molar-refractivity contribution in [1.29, 1.82) is 0 Å². The van der Waals surface area contributed by atoms with E-state index in [2.05, 4.69) is 25.9 Å². The molecule has 206 valence electrons. The summed E-state index contributed by atoms with van der Waals surface area (Å²) in [4.78, 5) is 27.5. The molecule has 1 aliphatic heterocycles. The minimum atomic E-state index is -0.251. The number of carbonyl (C=O) groups excluding carboxylic acids is 2. The Labute approximate surface area is 237 Å². The van der Waals surface area contributed by atoms with Crippen molar-refractivity contribution in [2.45, 2.75) is 25.9 Å². The second kappa shape index (κ2) is 11.8. The summed E-state index contributed by atoms with van der Waals surface area (Å²) in [6.45, 7) is 3.41. The van der Waals surface area contributed by atoms with E-state index in [1.807, 2.05) is 48.5 Å². The number of halogens is 1. The Bertz CT molecular complexity index is 1510. The molecule has 3 aromatic carbocycles. The molecule has 0 atom stereocenters. The molecule has 0 spiro atoms. The molecule has 5 rings (SSSR count). The number of amides is 2. The van der Waals surface area contributed by atoms with Crippen LogP contribution in [0.3, 0.4) is 0 Å². The predicted octanol–water partition coefficient (Wildman–Crippen LogP) is 5.59. The van der Waals surface area contributed by atoms with Crippen LogP contribution >= 0.6 is 11.6 Å². The second-order valence-corrected chi connectivity index (χ2v) is 10.3. The number of piperidine rings is 1. The van der Waals surface area contributed by atoms with Crippen molar-refractivity contribution in [1.82, 2.24) is 9.78 Å². The second-order valence-electron chi connectivity index (χ2n) is 9.87. The molecule has 10 heteroatoms. The Morgan fingerprint density at radius 3 is 2.15 bits per heavy atom. The highest BCUT2D eigenvalue weighted by Crippen LogP contribution is 2.29. The highest BCUT2D eigenvalue weighted by molar-refractivity contribution is 6.33. The van der Waals surface area contributed by atoms with Crippen molar-refractivity contribution in [2.24, 2.45) is 7.05 Å². The molecule has 1 saturated heterocycles. The molecule has 2 heterocycles. The number of nitrogens with zero attached hydrogens (tertiary/aromatic N) is 3. The smallest absolute Gasteiger partial charge is 0.259 e. The molecular weight excluding hydrogens is 528 g/mol. The third-order valence-electron chi connectivity index (χ3n) is 6.87. The minimum absolute atomic E-state index is 0.191. The van der Waals surface area contributed by atoms with Gasteiger partial charge in [-0.1, -0.05) is 11.6 Å². The van der Waals surface area contributed by atoms with Crippen molar-refractivity contribution >= 4 is 51.9 Å². The van der Waals surface area contributed by atoms with Gasteiger partial charge in [0.15, 0.2) is 0 Å². The highest BCUT2D eigenvalue weighted by Gasteiger charge is 2.18. The number of rotatable bonds is 7. The predicted molar refractivity (Wildman–Crippen MR) is 159 cm³/mol. The first-order valence-corrected chi connectivity index (χ1v) is 13.5. The number of hydrogen-bond donors (Lipinski definition) is 4. The normalized spacial score (nSPS) is 13.7. The first-order valence-electron chi connectivity index (χ1n) is 13.1. The summed E-state index contributed by atoms with van der Waals surface area (Å²) in [5.74, 6) is -0.442. The standard InChI is InChI=1S/C30H31ClN6O3/c1-19-26(18-36(2)35-19)30(40)34-23-9-12-28(27(31)17-23)32-21-5-7-22(8-6-21)33-29(39)20-3-10-24(11-4-20)37-15-13-25(38)14-16-37/h3-12,17-18,25,32,38H,13-16H2,1-2H3,(H,33,39)(H,34,40). The third kappa shape index (κ3) is 6.44. The van der Waals surface area contributed by atoms with Gasteiger partial charge in [0, 0.05) is 54.6 Å². The van der Waals surface area contributed by atoms with Crippen molar-refractivity contribution in [3.8, 4) is 0 Å². The molecule has 0 saturated carbocycles. The lowest BCUT2D eigenvalue weighted by atomic mass is 10.1. The molecule has 2 amide bonds. The lowest BCUT2D eigenvalue weighted by molar-refractivity contribution is 0.101. The van der Waals surface area contributed by atoms with E-state index in [4.69, 9.17) is 11.6 Å². The highest BCUT2D eigenvalue weighted by atomic mass is 35.5. The Balaban J connectivity index is 1.16. The average Bonchev–Trinajstić information content (AvgIpc) is 3.29. The maximum atomic E-state index is 12.8. The maximum Gasteiger partial charge on any atom is 0.259 e. The molecule has 40 heavy (non-hydrogen) atoms. The largest absolute Gasteiger partial charge is 0.393 e. The first kappa shape index (κ1) is 27.2. The van der Waals surface area contributed by atoms with Crippen LogP contribution in [0.2, 0.25) is 5.02 Å². The van der Waals surface area contributed by atoms with Crippen molar-refractivity contribution < 1.29 is 14.7 Å². The lowest BCUT2D eigenvalue weighted by Crippen LogP contribution is -2.35. The van der Waals surface area contributed by atoms with Gasteiger partial charge in [-0.05, 0) is 86.5 Å². The Morgan fingerprint density at radius 1 is 0.900 bits per heavy atom. The van der Waals surface area contributed by atoms with Crippen molar-refractivity contribution in [2.75, 3.05) is 33.9 Å². The van der Waals surface area contributed by atoms with Gasteiger partial charge in [-0.15, -0.1) is 0 Å². The molecule has 4 N–H and O–H groups in total. The monoisotopic (exact) mass is 558 g/mol. The van der Waals surface area contributed by atoms with Crippen LogP contribution in [0.15, 0.2) is 72.9 Å². The quantitative estimate of drug-likeness (QED) is 0.235. The topological polar surface area (TPSA) is 112 Å². The summed E-state index contributed by atoms with van der Waals surface area (Å²) in [7, 11) is 1.77. The Morgan fingerprint density at radius 2 is 1.52 bits per heavy atom. The van der Waals surface area contributed by atoms with Gasteiger partial charge in [0.25, 0.3) is 11.8 Å². The third-order valence-corrected chi connectivity index (χ3v) is 7.18. The van der Waals surface area contributed by atoms with Gasteiger partial charge in [-0.2, -0.15) is 5.10 Å². The molecule has 0 unspecified atom stereocenters. The van der Waals surface area contributed by atoms with Crippen molar-refractivity contribution in [3.63, 3.8) is 0 Å². The number of carbonyl (C=O) groups is 2. The van der Waals surface area contributed by atoms with Crippen LogP contribution in [0, 0.1) is 6.92 Å². The maximum absolute atomic E-state index is 12.8. The van der Waals surface area contributed by atoms with Gasteiger partial charge in [-0.3, -0.25) is 14.3 Å². The molecule has 1 fully saturated rings. The fourth-order valence-electron chi connectivity index (χ4n) is 4.66. The van der Waals surface area contributed by atoms with Crippen molar-refractivity contribution in [3.05, 3.63) is 94.8 Å². The summed E-state index contributed by atoms with van der Waals surface area (Å²) in [5.41, 5.74) is 5.48. The zero-order chi connectivity index (χ0) is 28.2. The number of hydrogen-bond acceptors (Lipinski definition) is 6. The zero-order valence-corrected chi connectivity index (χ0v) is 23.1. The zero-order valence-electron chi connectivity index (χ0n) is 22.3. The molecular formula is C30H31ClN6O3. The van der Waals surface area contributed by atoms with Gasteiger partial charge < -0.3 is 26.0 Å². The fraction of sp³-hybridized carbons (Fsp3) is 0.233. The number of nitrogens with one attached hydrogen (secondary N) is 3. The summed E-state index contributed by atoms with van der Waals surface area (Å²) in [5, 5.41) is 23.4. The summed E-state index contributed by atoms with van der Waals surface area (Å²) in [6, 6.07) is 20.1. The van der Waals surface area contributed by atoms with E-state index in [1.54, 1.807) is 43.0 Å². The fourth-order valence-corrected chi connectivity index (χ4v) is 4.89. The molecule has 0 radical (unpaired) electrons. The van der Waals surface area contributed by atoms with Gasteiger partial charge >= 0.3 is 0 Å². The lowest BCUT2D eigenvalue weighted by Gasteiger charge is -2.31. The van der Waals surface area contributed by atoms with Crippen LogP contribution in [0.5, 0.6) is 0 Å². The summed E-state index contributed by atoms with van der Waals surface area (Å²) in [6.07, 6.45) is 2.97. The average molecular weight is 559 g/mol. The van der Waals surface area contributed by atoms with Crippen LogP contribution in [0.1, 0.15) is 39.3 Å². The number of benzene rings is 3. The number of aliphatic hydroxyl groups excluding tert-OH is 1. The number of anilines is 5. The Hall–Kier alpha value is -4.34. The van der Waals surface area contributed by atoms with E-state index in [-0.39, 0.29) is 17.9 Å². The summed E-state index contributed by atoms with van der Waals surface area (Å²) >= 11 is 6.48. The van der Waals surface area contributed by atoms with Gasteiger partial charge in [-0.25, -0.2) is 0 Å². The molecule has 9 nitrogen and oxygen atoms in total. The van der Waals surface area contributed by atoms with Gasteiger partial charge in [0.1, 0.15) is 0 Å². The SMILES string of the molecule is Cc1nn(C)cc1C(=O)Nc1ccc(Nc2ccc(NC(=O)c3ccc(N4CCC(O)CC4)cc3)cc2)c(Cl)c1. The van der Waals surface area contributed by atoms with Crippen LogP contribution < -0.4 is 20.9 Å². The van der Waals surface area contributed by atoms with E-state index >= 15 is 0 Å². The van der Waals surface area contributed by atoms with E-state index < -0.39 is 0 Å². The van der Waals surface area contributed by atoms with E-state index in [9.17, 15) is 14.7 Å². The van der Waals surface area contributed by atoms with E-state index in [1.165, 1.54) is 0 Å². The summed E-state index contributed by atoms with van der Waals surface area (Å²) < 4.78 is 1.60. The molecule has 0 aliphatic carbocycles. The van der Waals surface area contributed by atoms with E-state index in [0.29, 0.717) is 38.9 Å². The van der Waals surface area contributed by atoms with Gasteiger partial charge in [0.2, 0.25) is 0 Å². The molecule has 1 aromatic heterocycles. The van der Waals surface area contributed by atoms with Crippen LogP contribution in [-0.2, 0) is 7.05 Å². The van der Waals surface area contributed by atoms with Crippen LogP contribution in [-0.4, -0.2) is 45.9 Å². The number of aromatic nitrogens is 2. The Kier molecular flexibility index (Phi) is 8.04. The molecule has 1 aliphatic rings. The first-order chi connectivity index (χ1) is 19.2. The minimum Gasteiger partial charge on any atom is -0.393 e. The molecule has 0 bridgehead atoms. The van der Waals surface area contributed by atoms with Gasteiger partial charge in [0.05, 0.1) is 28.1 Å².